The standard InChI is InChI=1S/C10H15N3/c1-7-4-8(2)6-9(5-7)10(11)13(3)12/h4-6,11H,12H2,1-3H3. The van der Waals surface area contributed by atoms with Gasteiger partial charge >= 0.3 is 0 Å². The molecule has 0 aliphatic heterocycles. The molecule has 1 aromatic rings. The fraction of sp³-hybridized carbons (Fsp3) is 0.300. The van der Waals surface area contributed by atoms with E-state index in [1.807, 2.05) is 26.0 Å². The van der Waals surface area contributed by atoms with Crippen molar-refractivity contribution in [2.24, 2.45) is 5.84 Å². The van der Waals surface area contributed by atoms with E-state index >= 15 is 0 Å². The molecule has 0 aliphatic carbocycles. The maximum absolute atomic E-state index is 7.68. The normalized spacial score (nSPS) is 9.85. The largest absolute Gasteiger partial charge is 0.298 e. The SMILES string of the molecule is Cc1cc(C)cc(C(=N)N(C)N)c1. The van der Waals surface area contributed by atoms with Crippen molar-refractivity contribution in [1.29, 1.82) is 5.41 Å². The number of aryl methyl sites for hydroxylation is 2. The molecule has 0 bridgehead atoms. The molecule has 13 heavy (non-hydrogen) atoms. The van der Waals surface area contributed by atoms with E-state index in [0.29, 0.717) is 5.84 Å². The molecule has 0 aromatic heterocycles. The summed E-state index contributed by atoms with van der Waals surface area (Å²) in [6.07, 6.45) is 0. The second-order valence-electron chi connectivity index (χ2n) is 3.34. The Balaban J connectivity index is 3.08. The van der Waals surface area contributed by atoms with Crippen LogP contribution in [0.2, 0.25) is 0 Å². The summed E-state index contributed by atoms with van der Waals surface area (Å²) in [6.45, 7) is 4.03. The van der Waals surface area contributed by atoms with Gasteiger partial charge in [0.25, 0.3) is 0 Å². The third kappa shape index (κ3) is 2.29. The summed E-state index contributed by atoms with van der Waals surface area (Å²) in [6, 6.07) is 5.99. The van der Waals surface area contributed by atoms with Crippen LogP contribution in [0.4, 0.5) is 0 Å². The molecule has 0 radical (unpaired) electrons. The van der Waals surface area contributed by atoms with Gasteiger partial charge in [0, 0.05) is 12.6 Å². The Morgan fingerprint density at radius 2 is 1.69 bits per heavy atom. The molecular weight excluding hydrogens is 162 g/mol. The van der Waals surface area contributed by atoms with Crippen LogP contribution in [0.3, 0.4) is 0 Å². The predicted molar refractivity (Wildman–Crippen MR) is 54.7 cm³/mol. The van der Waals surface area contributed by atoms with E-state index in [4.69, 9.17) is 11.3 Å². The zero-order chi connectivity index (χ0) is 10.0. The van der Waals surface area contributed by atoms with Gasteiger partial charge in [-0.2, -0.15) is 0 Å². The number of amidine groups is 1. The van der Waals surface area contributed by atoms with Crippen molar-refractivity contribution in [1.82, 2.24) is 5.01 Å². The van der Waals surface area contributed by atoms with Gasteiger partial charge in [-0.3, -0.25) is 10.4 Å². The molecule has 0 atom stereocenters. The van der Waals surface area contributed by atoms with Crippen molar-refractivity contribution in [3.63, 3.8) is 0 Å². The summed E-state index contributed by atoms with van der Waals surface area (Å²) in [4.78, 5) is 0. The molecule has 1 rings (SSSR count). The van der Waals surface area contributed by atoms with Gasteiger partial charge in [-0.1, -0.05) is 17.2 Å². The average molecular weight is 177 g/mol. The number of rotatable bonds is 1. The number of hydrogen-bond donors (Lipinski definition) is 2. The summed E-state index contributed by atoms with van der Waals surface area (Å²) >= 11 is 0. The number of nitrogens with zero attached hydrogens (tertiary/aromatic N) is 1. The van der Waals surface area contributed by atoms with Gasteiger partial charge in [-0.25, -0.2) is 5.84 Å². The molecule has 0 aliphatic rings. The fourth-order valence-electron chi connectivity index (χ4n) is 1.32. The van der Waals surface area contributed by atoms with Crippen LogP contribution in [-0.4, -0.2) is 17.9 Å². The summed E-state index contributed by atoms with van der Waals surface area (Å²) in [7, 11) is 1.67. The number of benzene rings is 1. The van der Waals surface area contributed by atoms with Gasteiger partial charge in [0.2, 0.25) is 0 Å². The van der Waals surface area contributed by atoms with Crippen LogP contribution < -0.4 is 5.84 Å². The molecule has 0 amide bonds. The van der Waals surface area contributed by atoms with E-state index in [1.165, 1.54) is 5.01 Å². The van der Waals surface area contributed by atoms with Gasteiger partial charge in [0.1, 0.15) is 5.84 Å². The third-order valence-electron chi connectivity index (χ3n) is 1.85. The molecule has 0 fully saturated rings. The van der Waals surface area contributed by atoms with Crippen molar-refractivity contribution in [3.8, 4) is 0 Å². The van der Waals surface area contributed by atoms with Crippen LogP contribution in [0.25, 0.3) is 0 Å². The quantitative estimate of drug-likeness (QED) is 0.295. The summed E-state index contributed by atoms with van der Waals surface area (Å²) < 4.78 is 0. The van der Waals surface area contributed by atoms with E-state index in [9.17, 15) is 0 Å². The number of nitrogens with one attached hydrogen (secondary N) is 1. The lowest BCUT2D eigenvalue weighted by molar-refractivity contribution is 0.536. The zero-order valence-corrected chi connectivity index (χ0v) is 8.26. The van der Waals surface area contributed by atoms with Gasteiger partial charge in [0.05, 0.1) is 0 Å². The fourth-order valence-corrected chi connectivity index (χ4v) is 1.32. The van der Waals surface area contributed by atoms with E-state index < -0.39 is 0 Å². The van der Waals surface area contributed by atoms with Gasteiger partial charge < -0.3 is 0 Å². The minimum atomic E-state index is 0.340. The zero-order valence-electron chi connectivity index (χ0n) is 8.26. The maximum Gasteiger partial charge on any atom is 0.142 e. The predicted octanol–water partition coefficient (Wildman–Crippen LogP) is 1.43. The van der Waals surface area contributed by atoms with Crippen LogP contribution in [0, 0.1) is 19.3 Å². The first kappa shape index (κ1) is 9.74. The Kier molecular flexibility index (Phi) is 2.68. The van der Waals surface area contributed by atoms with E-state index in [-0.39, 0.29) is 0 Å². The second-order valence-corrected chi connectivity index (χ2v) is 3.34. The van der Waals surface area contributed by atoms with Crippen molar-refractivity contribution < 1.29 is 0 Å². The van der Waals surface area contributed by atoms with E-state index in [0.717, 1.165) is 16.7 Å². The Morgan fingerprint density at radius 3 is 2.08 bits per heavy atom. The highest BCUT2D eigenvalue weighted by atomic mass is 15.4. The molecule has 3 nitrogen and oxygen atoms in total. The maximum atomic E-state index is 7.68. The second kappa shape index (κ2) is 3.58. The van der Waals surface area contributed by atoms with Gasteiger partial charge in [0.15, 0.2) is 0 Å². The van der Waals surface area contributed by atoms with E-state index in [1.54, 1.807) is 7.05 Å². The first-order chi connectivity index (χ1) is 6.00. The minimum absolute atomic E-state index is 0.340. The van der Waals surface area contributed by atoms with Crippen molar-refractivity contribution in [2.75, 3.05) is 7.05 Å². The van der Waals surface area contributed by atoms with Crippen molar-refractivity contribution in [3.05, 3.63) is 34.9 Å². The van der Waals surface area contributed by atoms with Crippen molar-refractivity contribution in [2.45, 2.75) is 13.8 Å². The van der Waals surface area contributed by atoms with Crippen LogP contribution in [0.15, 0.2) is 18.2 Å². The van der Waals surface area contributed by atoms with E-state index in [2.05, 4.69) is 6.07 Å². The number of hydrogen-bond acceptors (Lipinski definition) is 2. The summed E-state index contributed by atoms with van der Waals surface area (Å²) in [5, 5.41) is 8.99. The van der Waals surface area contributed by atoms with Crippen molar-refractivity contribution >= 4 is 5.84 Å². The Hall–Kier alpha value is -1.35. The molecule has 0 heterocycles. The Bertz CT molecular complexity index is 309. The van der Waals surface area contributed by atoms with Gasteiger partial charge in [-0.05, 0) is 26.0 Å². The molecule has 3 heteroatoms. The first-order valence-electron chi connectivity index (χ1n) is 4.16. The molecule has 1 aromatic carbocycles. The van der Waals surface area contributed by atoms with Crippen LogP contribution in [0.5, 0.6) is 0 Å². The highest BCUT2D eigenvalue weighted by Gasteiger charge is 2.04. The lowest BCUT2D eigenvalue weighted by Crippen LogP contribution is -2.33. The lowest BCUT2D eigenvalue weighted by Gasteiger charge is -2.14. The number of nitrogens with two attached hydrogens (primary N) is 1. The molecule has 0 spiro atoms. The van der Waals surface area contributed by atoms with Crippen LogP contribution in [0.1, 0.15) is 16.7 Å². The average Bonchev–Trinajstić information content (AvgIpc) is 2.01. The highest BCUT2D eigenvalue weighted by Crippen LogP contribution is 2.09. The Labute approximate surface area is 78.6 Å². The lowest BCUT2D eigenvalue weighted by atomic mass is 10.1. The molecule has 70 valence electrons. The number of hydrazine groups is 1. The topological polar surface area (TPSA) is 53.1 Å². The van der Waals surface area contributed by atoms with Crippen LogP contribution >= 0.6 is 0 Å². The molecule has 0 unspecified atom stereocenters. The Morgan fingerprint density at radius 1 is 1.23 bits per heavy atom. The summed E-state index contributed by atoms with van der Waals surface area (Å²) in [5.74, 6) is 5.82. The van der Waals surface area contributed by atoms with Gasteiger partial charge in [-0.15, -0.1) is 0 Å². The molecule has 3 N–H and O–H groups in total. The van der Waals surface area contributed by atoms with Crippen LogP contribution in [-0.2, 0) is 0 Å². The highest BCUT2D eigenvalue weighted by molar-refractivity contribution is 5.96. The summed E-state index contributed by atoms with van der Waals surface area (Å²) in [5.41, 5.74) is 3.17. The molecular formula is C10H15N3. The minimum Gasteiger partial charge on any atom is -0.298 e. The third-order valence-corrected chi connectivity index (χ3v) is 1.85. The smallest absolute Gasteiger partial charge is 0.142 e. The molecule has 0 saturated carbocycles. The molecule has 0 saturated heterocycles. The monoisotopic (exact) mass is 177 g/mol. The first-order valence-corrected chi connectivity index (χ1v) is 4.16.